The van der Waals surface area contributed by atoms with Crippen molar-refractivity contribution in [1.29, 1.82) is 0 Å². The summed E-state index contributed by atoms with van der Waals surface area (Å²) >= 11 is 0. The van der Waals surface area contributed by atoms with Crippen LogP contribution in [0, 0.1) is 0 Å². The van der Waals surface area contributed by atoms with Crippen LogP contribution in [0.3, 0.4) is 0 Å². The Morgan fingerprint density at radius 3 is 2.34 bits per heavy atom. The van der Waals surface area contributed by atoms with Gasteiger partial charge in [-0.2, -0.15) is 0 Å². The normalized spacial score (nSPS) is 10.7. The summed E-state index contributed by atoms with van der Waals surface area (Å²) in [7, 11) is 1.59. The van der Waals surface area contributed by atoms with Gasteiger partial charge in [-0.15, -0.1) is 0 Å². The lowest BCUT2D eigenvalue weighted by Gasteiger charge is -2.22. The minimum Gasteiger partial charge on any atom is -0.497 e. The van der Waals surface area contributed by atoms with E-state index >= 15 is 0 Å². The third-order valence-corrected chi connectivity index (χ3v) is 4.99. The molecule has 3 aromatic carbocycles. The summed E-state index contributed by atoms with van der Waals surface area (Å²) in [6.45, 7) is 0.374. The monoisotopic (exact) mass is 429 g/mol. The number of amides is 1. The molecule has 0 aliphatic rings. The molecule has 0 radical (unpaired) electrons. The molecular weight excluding hydrogens is 406 g/mol. The number of para-hydroxylation sites is 1. The van der Waals surface area contributed by atoms with Crippen molar-refractivity contribution in [2.75, 3.05) is 13.7 Å². The summed E-state index contributed by atoms with van der Waals surface area (Å²) in [6, 6.07) is 23.8. The molecule has 1 aromatic heterocycles. The van der Waals surface area contributed by atoms with Crippen molar-refractivity contribution in [3.63, 3.8) is 0 Å². The van der Waals surface area contributed by atoms with E-state index in [4.69, 9.17) is 9.47 Å². The van der Waals surface area contributed by atoms with E-state index in [1.807, 2.05) is 36.4 Å². The number of ether oxygens (including phenoxy) is 2. The van der Waals surface area contributed by atoms with Gasteiger partial charge in [0.15, 0.2) is 6.61 Å². The highest BCUT2D eigenvalue weighted by Gasteiger charge is 2.17. The van der Waals surface area contributed by atoms with Gasteiger partial charge < -0.3 is 19.4 Å². The molecule has 0 aliphatic carbocycles. The third-order valence-electron chi connectivity index (χ3n) is 4.99. The first-order valence-electron chi connectivity index (χ1n) is 10.2. The first-order chi connectivity index (χ1) is 15.6. The van der Waals surface area contributed by atoms with Crippen molar-refractivity contribution in [2.24, 2.45) is 0 Å². The summed E-state index contributed by atoms with van der Waals surface area (Å²) in [6.07, 6.45) is 0. The number of carbonyl (C=O) groups is 1. The maximum atomic E-state index is 13.1. The molecule has 162 valence electrons. The molecule has 0 atom stereocenters. The zero-order valence-electron chi connectivity index (χ0n) is 17.7. The number of fused-ring (bicyclic) bond motifs is 1. The summed E-state index contributed by atoms with van der Waals surface area (Å²) < 4.78 is 10.8. The number of methoxy groups -OCH3 is 1. The van der Waals surface area contributed by atoms with E-state index in [0.717, 1.165) is 5.56 Å². The number of benzene rings is 3. The van der Waals surface area contributed by atoms with Gasteiger partial charge in [-0.1, -0.05) is 42.5 Å². The minimum atomic E-state index is -0.229. The third kappa shape index (κ3) is 5.13. The first kappa shape index (κ1) is 21.1. The van der Waals surface area contributed by atoms with Crippen LogP contribution in [0.15, 0.2) is 83.7 Å². The number of hydrogen-bond donors (Lipinski definition) is 1. The highest BCUT2D eigenvalue weighted by molar-refractivity contribution is 5.78. The Morgan fingerprint density at radius 2 is 1.59 bits per heavy atom. The molecule has 0 bridgehead atoms. The lowest BCUT2D eigenvalue weighted by molar-refractivity contribution is -0.134. The number of rotatable bonds is 8. The molecule has 0 fully saturated rings. The molecule has 1 N–H and O–H groups in total. The highest BCUT2D eigenvalue weighted by atomic mass is 16.5. The zero-order valence-corrected chi connectivity index (χ0v) is 17.7. The van der Waals surface area contributed by atoms with E-state index in [9.17, 15) is 9.59 Å². The molecular formula is C25H23N3O4. The molecule has 4 rings (SSSR count). The number of aromatic amines is 1. The van der Waals surface area contributed by atoms with E-state index < -0.39 is 0 Å². The Labute approximate surface area is 185 Å². The Balaban J connectivity index is 1.54. The van der Waals surface area contributed by atoms with Crippen LogP contribution in [-0.2, 0) is 17.9 Å². The standard InChI is InChI=1S/C25H23N3O4/c1-31-19-11-13-20(14-12-19)32-17-24(29)28(15-18-7-3-2-4-8-18)16-23-26-22-10-6-5-9-21(22)25(30)27-23/h2-14H,15-17H2,1H3,(H,26,27,30). The summed E-state index contributed by atoms with van der Waals surface area (Å²) in [5, 5.41) is 0.514. The number of nitrogens with one attached hydrogen (secondary N) is 1. The van der Waals surface area contributed by atoms with Gasteiger partial charge in [0.05, 0.1) is 24.6 Å². The number of carbonyl (C=O) groups excluding carboxylic acids is 1. The quantitative estimate of drug-likeness (QED) is 0.463. The first-order valence-corrected chi connectivity index (χ1v) is 10.2. The van der Waals surface area contributed by atoms with E-state index in [1.54, 1.807) is 54.5 Å². The van der Waals surface area contributed by atoms with Crippen LogP contribution in [0.4, 0.5) is 0 Å². The second kappa shape index (κ2) is 9.78. The molecule has 1 heterocycles. The minimum absolute atomic E-state index is 0.142. The van der Waals surface area contributed by atoms with Crippen molar-refractivity contribution in [1.82, 2.24) is 14.9 Å². The van der Waals surface area contributed by atoms with Gasteiger partial charge >= 0.3 is 0 Å². The molecule has 0 spiro atoms. The fraction of sp³-hybridized carbons (Fsp3) is 0.160. The molecule has 7 heteroatoms. The highest BCUT2D eigenvalue weighted by Crippen LogP contribution is 2.17. The van der Waals surface area contributed by atoms with Gasteiger partial charge in [0.1, 0.15) is 17.3 Å². The van der Waals surface area contributed by atoms with E-state index in [2.05, 4.69) is 9.97 Å². The Kier molecular flexibility index (Phi) is 6.46. The van der Waals surface area contributed by atoms with Crippen LogP contribution in [-0.4, -0.2) is 34.5 Å². The van der Waals surface area contributed by atoms with Gasteiger partial charge in [0.25, 0.3) is 11.5 Å². The Morgan fingerprint density at radius 1 is 0.906 bits per heavy atom. The fourth-order valence-corrected chi connectivity index (χ4v) is 3.33. The summed E-state index contributed by atoms with van der Waals surface area (Å²) in [5.41, 5.74) is 1.33. The van der Waals surface area contributed by atoms with E-state index in [0.29, 0.717) is 34.8 Å². The average Bonchev–Trinajstić information content (AvgIpc) is 2.83. The van der Waals surface area contributed by atoms with Crippen molar-refractivity contribution in [2.45, 2.75) is 13.1 Å². The van der Waals surface area contributed by atoms with Gasteiger partial charge in [-0.05, 0) is 42.0 Å². The topological polar surface area (TPSA) is 84.5 Å². The molecule has 32 heavy (non-hydrogen) atoms. The average molecular weight is 429 g/mol. The molecule has 4 aromatic rings. The van der Waals surface area contributed by atoms with Crippen LogP contribution in [0.2, 0.25) is 0 Å². The van der Waals surface area contributed by atoms with Gasteiger partial charge in [-0.3, -0.25) is 9.59 Å². The molecule has 0 unspecified atom stereocenters. The molecule has 7 nitrogen and oxygen atoms in total. The fourth-order valence-electron chi connectivity index (χ4n) is 3.33. The van der Waals surface area contributed by atoms with Crippen molar-refractivity contribution in [3.8, 4) is 11.5 Å². The number of hydrogen-bond acceptors (Lipinski definition) is 5. The lowest BCUT2D eigenvalue weighted by atomic mass is 10.2. The van der Waals surface area contributed by atoms with Crippen LogP contribution in [0.25, 0.3) is 10.9 Å². The van der Waals surface area contributed by atoms with Crippen molar-refractivity contribution >= 4 is 16.8 Å². The largest absolute Gasteiger partial charge is 0.497 e. The van der Waals surface area contributed by atoms with E-state index in [-0.39, 0.29) is 24.6 Å². The number of H-pyrrole nitrogens is 1. The van der Waals surface area contributed by atoms with E-state index in [1.165, 1.54) is 0 Å². The SMILES string of the molecule is COc1ccc(OCC(=O)N(Cc2ccccc2)Cc2nc3ccccc3c(=O)[nH]2)cc1. The Hall–Kier alpha value is -4.13. The second-order valence-electron chi connectivity index (χ2n) is 7.23. The maximum absolute atomic E-state index is 13.1. The molecule has 0 aliphatic heterocycles. The zero-order chi connectivity index (χ0) is 22.3. The summed E-state index contributed by atoms with van der Waals surface area (Å²) in [5.74, 6) is 1.47. The van der Waals surface area contributed by atoms with Gasteiger partial charge in [-0.25, -0.2) is 4.98 Å². The predicted octanol–water partition coefficient (Wildman–Crippen LogP) is 3.54. The predicted molar refractivity (Wildman–Crippen MR) is 122 cm³/mol. The second-order valence-corrected chi connectivity index (χ2v) is 7.23. The summed E-state index contributed by atoms with van der Waals surface area (Å²) in [4.78, 5) is 34.4. The number of nitrogens with zero attached hydrogens (tertiary/aromatic N) is 2. The Bertz CT molecular complexity index is 1250. The van der Waals surface area contributed by atoms with Crippen LogP contribution < -0.4 is 15.0 Å². The van der Waals surface area contributed by atoms with Crippen LogP contribution in [0.5, 0.6) is 11.5 Å². The van der Waals surface area contributed by atoms with Crippen molar-refractivity contribution in [3.05, 3.63) is 101 Å². The molecule has 0 saturated carbocycles. The lowest BCUT2D eigenvalue weighted by Crippen LogP contribution is -2.35. The van der Waals surface area contributed by atoms with Gasteiger partial charge in [0.2, 0.25) is 0 Å². The van der Waals surface area contributed by atoms with Gasteiger partial charge in [0, 0.05) is 6.54 Å². The van der Waals surface area contributed by atoms with Crippen LogP contribution in [0.1, 0.15) is 11.4 Å². The van der Waals surface area contributed by atoms with Crippen molar-refractivity contribution < 1.29 is 14.3 Å². The molecule has 0 saturated heterocycles. The number of aromatic nitrogens is 2. The maximum Gasteiger partial charge on any atom is 0.261 e. The van der Waals surface area contributed by atoms with Crippen LogP contribution >= 0.6 is 0 Å². The smallest absolute Gasteiger partial charge is 0.261 e. The molecule has 1 amide bonds.